The Kier molecular flexibility index (Phi) is 6.51. The smallest absolute Gasteiger partial charge is 0.0107 e. The summed E-state index contributed by atoms with van der Waals surface area (Å²) in [5, 5.41) is 3.13. The van der Waals surface area contributed by atoms with E-state index in [9.17, 15) is 0 Å². The van der Waals surface area contributed by atoms with Gasteiger partial charge in [-0.1, -0.05) is 0 Å². The molecule has 68 valence electrons. The van der Waals surface area contributed by atoms with Crippen LogP contribution in [0.15, 0.2) is 0 Å². The minimum Gasteiger partial charge on any atom is -0.318 e. The predicted octanol–water partition coefficient (Wildman–Crippen LogP) is -0.301. The van der Waals surface area contributed by atoms with Gasteiger partial charge in [0.15, 0.2) is 0 Å². The second-order valence-electron chi connectivity index (χ2n) is 3.21. The molecule has 0 fully saturated rings. The highest BCUT2D eigenvalue weighted by molar-refractivity contribution is 4.54. The first-order valence-electron chi connectivity index (χ1n) is 4.14. The van der Waals surface area contributed by atoms with Gasteiger partial charge < -0.3 is 15.1 Å². The van der Waals surface area contributed by atoms with Gasteiger partial charge in [0, 0.05) is 26.2 Å². The zero-order valence-electron chi connectivity index (χ0n) is 8.22. The molecule has 0 bridgehead atoms. The van der Waals surface area contributed by atoms with Crippen molar-refractivity contribution in [1.82, 2.24) is 15.1 Å². The number of rotatable bonds is 6. The Bertz CT molecular complexity index is 83.4. The van der Waals surface area contributed by atoms with Gasteiger partial charge in [-0.2, -0.15) is 0 Å². The van der Waals surface area contributed by atoms with Crippen molar-refractivity contribution < 1.29 is 0 Å². The molecule has 0 radical (unpaired) electrons. The van der Waals surface area contributed by atoms with E-state index in [1.807, 2.05) is 7.05 Å². The van der Waals surface area contributed by atoms with Crippen LogP contribution in [-0.2, 0) is 0 Å². The molecule has 3 nitrogen and oxygen atoms in total. The molecule has 0 aliphatic rings. The SMILES string of the molecule is CNCCN(C)CCN(C)C. The molecular weight excluding hydrogens is 138 g/mol. The van der Waals surface area contributed by atoms with Gasteiger partial charge in [0.2, 0.25) is 0 Å². The van der Waals surface area contributed by atoms with Crippen LogP contribution in [0.4, 0.5) is 0 Å². The first kappa shape index (κ1) is 10.9. The monoisotopic (exact) mass is 159 g/mol. The third kappa shape index (κ3) is 7.78. The molecule has 0 aromatic carbocycles. The van der Waals surface area contributed by atoms with E-state index in [0.717, 1.165) is 26.2 Å². The fraction of sp³-hybridized carbons (Fsp3) is 1.00. The van der Waals surface area contributed by atoms with Crippen LogP contribution in [0.3, 0.4) is 0 Å². The number of nitrogens with one attached hydrogen (secondary N) is 1. The van der Waals surface area contributed by atoms with Crippen LogP contribution in [0.2, 0.25) is 0 Å². The summed E-state index contributed by atoms with van der Waals surface area (Å²) >= 11 is 0. The lowest BCUT2D eigenvalue weighted by atomic mass is 10.5. The standard InChI is InChI=1S/C8H21N3/c1-9-5-6-11(4)8-7-10(2)3/h9H,5-8H2,1-4H3. The topological polar surface area (TPSA) is 18.5 Å². The van der Waals surface area contributed by atoms with Crippen molar-refractivity contribution in [2.24, 2.45) is 0 Å². The molecule has 0 aromatic rings. The lowest BCUT2D eigenvalue weighted by molar-refractivity contribution is 0.283. The fourth-order valence-electron chi connectivity index (χ4n) is 0.785. The Labute approximate surface area is 70.4 Å². The van der Waals surface area contributed by atoms with Gasteiger partial charge in [-0.25, -0.2) is 0 Å². The first-order valence-corrected chi connectivity index (χ1v) is 4.14. The molecule has 0 rings (SSSR count). The molecule has 0 saturated carbocycles. The third-order valence-electron chi connectivity index (χ3n) is 1.67. The maximum atomic E-state index is 3.13. The molecule has 0 unspecified atom stereocenters. The number of nitrogens with zero attached hydrogens (tertiary/aromatic N) is 2. The summed E-state index contributed by atoms with van der Waals surface area (Å²) in [6.07, 6.45) is 0. The minimum atomic E-state index is 1.07. The summed E-state index contributed by atoms with van der Waals surface area (Å²) in [7, 11) is 8.35. The van der Waals surface area contributed by atoms with E-state index in [-0.39, 0.29) is 0 Å². The summed E-state index contributed by atoms with van der Waals surface area (Å²) in [6, 6.07) is 0. The van der Waals surface area contributed by atoms with Crippen LogP contribution >= 0.6 is 0 Å². The highest BCUT2D eigenvalue weighted by Gasteiger charge is 1.96. The van der Waals surface area contributed by atoms with Gasteiger partial charge >= 0.3 is 0 Å². The Morgan fingerprint density at radius 3 is 2.09 bits per heavy atom. The van der Waals surface area contributed by atoms with E-state index in [2.05, 4.69) is 36.3 Å². The van der Waals surface area contributed by atoms with E-state index in [1.54, 1.807) is 0 Å². The van der Waals surface area contributed by atoms with Crippen LogP contribution in [0, 0.1) is 0 Å². The summed E-state index contributed by atoms with van der Waals surface area (Å²) in [4.78, 5) is 4.53. The van der Waals surface area contributed by atoms with Crippen LogP contribution in [0.5, 0.6) is 0 Å². The van der Waals surface area contributed by atoms with Crippen LogP contribution < -0.4 is 5.32 Å². The molecule has 1 N–H and O–H groups in total. The molecule has 0 amide bonds. The Hall–Kier alpha value is -0.120. The van der Waals surface area contributed by atoms with Gasteiger partial charge in [0.05, 0.1) is 0 Å². The van der Waals surface area contributed by atoms with Crippen molar-refractivity contribution in [3.63, 3.8) is 0 Å². The van der Waals surface area contributed by atoms with Gasteiger partial charge in [-0.3, -0.25) is 0 Å². The van der Waals surface area contributed by atoms with E-state index in [1.165, 1.54) is 0 Å². The van der Waals surface area contributed by atoms with E-state index in [0.29, 0.717) is 0 Å². The molecule has 3 heteroatoms. The largest absolute Gasteiger partial charge is 0.318 e. The quantitative estimate of drug-likeness (QED) is 0.574. The molecule has 11 heavy (non-hydrogen) atoms. The lowest BCUT2D eigenvalue weighted by Gasteiger charge is -2.18. The highest BCUT2D eigenvalue weighted by Crippen LogP contribution is 1.81. The Morgan fingerprint density at radius 2 is 1.64 bits per heavy atom. The van der Waals surface area contributed by atoms with Gasteiger partial charge in [0.1, 0.15) is 0 Å². The van der Waals surface area contributed by atoms with Gasteiger partial charge in [-0.05, 0) is 28.2 Å². The van der Waals surface area contributed by atoms with Crippen LogP contribution in [-0.4, -0.2) is 64.2 Å². The number of hydrogen-bond acceptors (Lipinski definition) is 3. The average molecular weight is 159 g/mol. The van der Waals surface area contributed by atoms with Crippen molar-refractivity contribution in [3.8, 4) is 0 Å². The number of hydrogen-bond donors (Lipinski definition) is 1. The molecule has 0 atom stereocenters. The summed E-state index contributed by atoms with van der Waals surface area (Å²) < 4.78 is 0. The first-order chi connectivity index (χ1) is 5.16. The third-order valence-corrected chi connectivity index (χ3v) is 1.67. The maximum Gasteiger partial charge on any atom is 0.0107 e. The van der Waals surface area contributed by atoms with Crippen molar-refractivity contribution in [2.45, 2.75) is 0 Å². The molecule has 0 spiro atoms. The Balaban J connectivity index is 3.15. The zero-order chi connectivity index (χ0) is 8.69. The fourth-order valence-corrected chi connectivity index (χ4v) is 0.785. The average Bonchev–Trinajstić information content (AvgIpc) is 1.97. The van der Waals surface area contributed by atoms with Crippen molar-refractivity contribution in [3.05, 3.63) is 0 Å². The Morgan fingerprint density at radius 1 is 1.00 bits per heavy atom. The molecule has 0 aromatic heterocycles. The molecule has 0 aliphatic heterocycles. The van der Waals surface area contributed by atoms with Crippen molar-refractivity contribution in [1.29, 1.82) is 0 Å². The second kappa shape index (κ2) is 6.58. The minimum absolute atomic E-state index is 1.07. The van der Waals surface area contributed by atoms with Gasteiger partial charge in [0.25, 0.3) is 0 Å². The lowest BCUT2D eigenvalue weighted by Crippen LogP contribution is -2.33. The van der Waals surface area contributed by atoms with Gasteiger partial charge in [-0.15, -0.1) is 0 Å². The normalized spacial score (nSPS) is 11.5. The highest BCUT2D eigenvalue weighted by atomic mass is 15.2. The summed E-state index contributed by atoms with van der Waals surface area (Å²) in [5.74, 6) is 0. The van der Waals surface area contributed by atoms with Crippen LogP contribution in [0.1, 0.15) is 0 Å². The summed E-state index contributed by atoms with van der Waals surface area (Å²) in [5.41, 5.74) is 0. The molecule has 0 heterocycles. The molecular formula is C8H21N3. The maximum absolute atomic E-state index is 3.13. The van der Waals surface area contributed by atoms with E-state index in [4.69, 9.17) is 0 Å². The van der Waals surface area contributed by atoms with E-state index >= 15 is 0 Å². The molecule has 0 saturated heterocycles. The van der Waals surface area contributed by atoms with Crippen LogP contribution in [0.25, 0.3) is 0 Å². The van der Waals surface area contributed by atoms with Crippen molar-refractivity contribution in [2.75, 3.05) is 54.4 Å². The van der Waals surface area contributed by atoms with Crippen molar-refractivity contribution >= 4 is 0 Å². The number of likely N-dealkylation sites (N-methyl/N-ethyl adjacent to an activating group) is 3. The molecule has 0 aliphatic carbocycles. The summed E-state index contributed by atoms with van der Waals surface area (Å²) in [6.45, 7) is 4.49. The zero-order valence-corrected chi connectivity index (χ0v) is 8.22. The predicted molar refractivity (Wildman–Crippen MR) is 50.0 cm³/mol. The second-order valence-corrected chi connectivity index (χ2v) is 3.21. The van der Waals surface area contributed by atoms with E-state index < -0.39 is 0 Å².